The molecule has 4 aromatic rings. The van der Waals surface area contributed by atoms with Crippen LogP contribution in [0.1, 0.15) is 64.3 Å². The molecule has 0 spiro atoms. The summed E-state index contributed by atoms with van der Waals surface area (Å²) in [6.45, 7) is 2.30. The number of aliphatic hydroxyl groups is 2. The van der Waals surface area contributed by atoms with Crippen molar-refractivity contribution in [3.05, 3.63) is 131 Å². The van der Waals surface area contributed by atoms with E-state index in [4.69, 9.17) is 9.47 Å². The zero-order chi connectivity index (χ0) is 30.3. The molecule has 2 aliphatic rings. The molecule has 7 nitrogen and oxygen atoms in total. The van der Waals surface area contributed by atoms with Gasteiger partial charge in [-0.05, 0) is 71.5 Å². The topological polar surface area (TPSA) is 91.3 Å². The standard InChI is InChI=1S/C37H40N2O5/c40-24-26-14-16-28(17-15-26)35-21-34(23-39-18-6-13-33(39)25-41)43-37(44-35)32-12-5-11-31(20-32)30-10-4-7-27(19-30)22-38-36(42)29-8-2-1-3-9-29/h1-5,7-12,14-17,19-20,33-35,37,40-41H,6,13,18,21-25H2,(H,38,42). The van der Waals surface area contributed by atoms with Crippen LogP contribution in [0, 0.1) is 0 Å². The minimum absolute atomic E-state index is 0.00502. The largest absolute Gasteiger partial charge is 0.395 e. The number of carbonyl (C=O) groups is 1. The summed E-state index contributed by atoms with van der Waals surface area (Å²) in [5, 5.41) is 22.4. The molecule has 2 fully saturated rings. The molecule has 44 heavy (non-hydrogen) atoms. The monoisotopic (exact) mass is 592 g/mol. The lowest BCUT2D eigenvalue weighted by molar-refractivity contribution is -0.253. The van der Waals surface area contributed by atoms with Crippen LogP contribution in [0.25, 0.3) is 11.1 Å². The number of aliphatic hydroxyl groups excluding tert-OH is 2. The molecule has 0 aromatic heterocycles. The summed E-state index contributed by atoms with van der Waals surface area (Å²) in [5.41, 5.74) is 6.60. The molecule has 6 rings (SSSR count). The number of carbonyl (C=O) groups excluding carboxylic acids is 1. The van der Waals surface area contributed by atoms with E-state index in [0.29, 0.717) is 18.5 Å². The molecule has 3 N–H and O–H groups in total. The molecule has 0 bridgehead atoms. The van der Waals surface area contributed by atoms with Crippen molar-refractivity contribution in [2.75, 3.05) is 19.7 Å². The van der Waals surface area contributed by atoms with Crippen molar-refractivity contribution in [3.63, 3.8) is 0 Å². The number of rotatable bonds is 10. The lowest BCUT2D eigenvalue weighted by Crippen LogP contribution is -2.42. The Morgan fingerprint density at radius 2 is 1.59 bits per heavy atom. The molecule has 4 unspecified atom stereocenters. The van der Waals surface area contributed by atoms with Crippen molar-refractivity contribution in [2.45, 2.75) is 57.0 Å². The molecule has 1 amide bonds. The fraction of sp³-hybridized carbons (Fsp3) is 0.324. The molecule has 0 radical (unpaired) electrons. The normalized spacial score (nSPS) is 22.1. The number of nitrogens with one attached hydrogen (secondary N) is 1. The van der Waals surface area contributed by atoms with E-state index in [1.807, 2.05) is 78.9 Å². The van der Waals surface area contributed by atoms with Crippen LogP contribution in [0.15, 0.2) is 103 Å². The SMILES string of the molecule is O=C(NCc1cccc(-c2cccc(C3OC(CN4CCCC4CO)CC(c4ccc(CO)cc4)O3)c2)c1)c1ccccc1. The fourth-order valence-electron chi connectivity index (χ4n) is 6.24. The smallest absolute Gasteiger partial charge is 0.251 e. The van der Waals surface area contributed by atoms with Crippen molar-refractivity contribution in [2.24, 2.45) is 0 Å². The average Bonchev–Trinajstić information content (AvgIpc) is 3.54. The Labute approximate surface area is 259 Å². The second-order valence-corrected chi connectivity index (χ2v) is 11.7. The first-order valence-corrected chi connectivity index (χ1v) is 15.5. The molecule has 7 heteroatoms. The number of amides is 1. The van der Waals surface area contributed by atoms with E-state index < -0.39 is 6.29 Å². The highest BCUT2D eigenvalue weighted by atomic mass is 16.7. The molecular weight excluding hydrogens is 552 g/mol. The van der Waals surface area contributed by atoms with Gasteiger partial charge in [-0.25, -0.2) is 0 Å². The minimum Gasteiger partial charge on any atom is -0.395 e. The van der Waals surface area contributed by atoms with Gasteiger partial charge in [0.25, 0.3) is 5.91 Å². The maximum Gasteiger partial charge on any atom is 0.251 e. The predicted molar refractivity (Wildman–Crippen MR) is 170 cm³/mol. The van der Waals surface area contributed by atoms with Crippen LogP contribution in [-0.2, 0) is 22.6 Å². The first-order chi connectivity index (χ1) is 21.6. The second-order valence-electron chi connectivity index (χ2n) is 11.7. The van der Waals surface area contributed by atoms with E-state index in [0.717, 1.165) is 59.3 Å². The summed E-state index contributed by atoms with van der Waals surface area (Å²) < 4.78 is 13.2. The van der Waals surface area contributed by atoms with Gasteiger partial charge in [0.2, 0.25) is 0 Å². The third kappa shape index (κ3) is 7.26. The molecular formula is C37H40N2O5. The summed E-state index contributed by atoms with van der Waals surface area (Å²) in [6, 6.07) is 33.8. The van der Waals surface area contributed by atoms with Crippen molar-refractivity contribution in [1.82, 2.24) is 10.2 Å². The maximum absolute atomic E-state index is 12.6. The molecule has 2 heterocycles. The summed E-state index contributed by atoms with van der Waals surface area (Å²) in [6.07, 6.45) is 2.01. The van der Waals surface area contributed by atoms with Gasteiger partial charge in [0, 0.05) is 36.7 Å². The summed E-state index contributed by atoms with van der Waals surface area (Å²) in [5.74, 6) is -0.0982. The van der Waals surface area contributed by atoms with Crippen LogP contribution in [0.3, 0.4) is 0 Å². The van der Waals surface area contributed by atoms with E-state index in [9.17, 15) is 15.0 Å². The Balaban J connectivity index is 1.20. The van der Waals surface area contributed by atoms with Gasteiger partial charge in [-0.15, -0.1) is 0 Å². The van der Waals surface area contributed by atoms with Crippen molar-refractivity contribution >= 4 is 5.91 Å². The Bertz CT molecular complexity index is 1530. The lowest BCUT2D eigenvalue weighted by Gasteiger charge is -2.38. The highest BCUT2D eigenvalue weighted by Gasteiger charge is 2.35. The number of benzene rings is 4. The number of nitrogens with zero attached hydrogens (tertiary/aromatic N) is 1. The quantitative estimate of drug-likeness (QED) is 0.216. The van der Waals surface area contributed by atoms with Crippen LogP contribution >= 0.6 is 0 Å². The van der Waals surface area contributed by atoms with Crippen LogP contribution in [0.5, 0.6) is 0 Å². The van der Waals surface area contributed by atoms with Crippen LogP contribution < -0.4 is 5.32 Å². The number of ether oxygens (including phenoxy) is 2. The third-order valence-corrected chi connectivity index (χ3v) is 8.67. The van der Waals surface area contributed by atoms with Gasteiger partial charge in [0.1, 0.15) is 0 Å². The van der Waals surface area contributed by atoms with Gasteiger partial charge in [0.15, 0.2) is 6.29 Å². The fourth-order valence-corrected chi connectivity index (χ4v) is 6.24. The third-order valence-electron chi connectivity index (χ3n) is 8.67. The molecule has 2 aliphatic heterocycles. The van der Waals surface area contributed by atoms with E-state index in [2.05, 4.69) is 34.5 Å². The van der Waals surface area contributed by atoms with Crippen LogP contribution in [0.4, 0.5) is 0 Å². The summed E-state index contributed by atoms with van der Waals surface area (Å²) in [7, 11) is 0. The Morgan fingerprint density at radius 1 is 0.818 bits per heavy atom. The van der Waals surface area contributed by atoms with Crippen molar-refractivity contribution in [3.8, 4) is 11.1 Å². The molecule has 4 atom stereocenters. The molecule has 228 valence electrons. The van der Waals surface area contributed by atoms with E-state index >= 15 is 0 Å². The minimum atomic E-state index is -0.556. The van der Waals surface area contributed by atoms with Crippen molar-refractivity contribution in [1.29, 1.82) is 0 Å². The lowest BCUT2D eigenvalue weighted by atomic mass is 9.98. The highest BCUT2D eigenvalue weighted by Crippen LogP contribution is 2.39. The zero-order valence-corrected chi connectivity index (χ0v) is 24.8. The summed E-state index contributed by atoms with van der Waals surface area (Å²) in [4.78, 5) is 14.9. The first-order valence-electron chi connectivity index (χ1n) is 15.5. The van der Waals surface area contributed by atoms with Gasteiger partial charge in [-0.2, -0.15) is 0 Å². The van der Waals surface area contributed by atoms with Gasteiger partial charge in [-0.1, -0.05) is 78.9 Å². The Kier molecular flexibility index (Phi) is 9.80. The number of hydrogen-bond acceptors (Lipinski definition) is 6. The van der Waals surface area contributed by atoms with Crippen LogP contribution in [-0.4, -0.2) is 52.9 Å². The van der Waals surface area contributed by atoms with Gasteiger partial charge >= 0.3 is 0 Å². The van der Waals surface area contributed by atoms with Crippen LogP contribution in [0.2, 0.25) is 0 Å². The predicted octanol–water partition coefficient (Wildman–Crippen LogP) is 5.78. The van der Waals surface area contributed by atoms with Gasteiger partial charge in [0.05, 0.1) is 25.4 Å². The number of likely N-dealkylation sites (tertiary alicyclic amines) is 1. The molecule has 4 aromatic carbocycles. The first kappa shape index (κ1) is 30.2. The van der Waals surface area contributed by atoms with E-state index in [-0.39, 0.29) is 37.4 Å². The van der Waals surface area contributed by atoms with Gasteiger partial charge < -0.3 is 25.0 Å². The van der Waals surface area contributed by atoms with Gasteiger partial charge in [-0.3, -0.25) is 9.69 Å². The molecule has 0 saturated carbocycles. The molecule has 0 aliphatic carbocycles. The van der Waals surface area contributed by atoms with Crippen molar-refractivity contribution < 1.29 is 24.5 Å². The second kappa shape index (κ2) is 14.3. The highest BCUT2D eigenvalue weighted by molar-refractivity contribution is 5.94. The van der Waals surface area contributed by atoms with E-state index in [1.54, 1.807) is 0 Å². The average molecular weight is 593 g/mol. The Hall–Kier alpha value is -3.85. The summed E-state index contributed by atoms with van der Waals surface area (Å²) >= 11 is 0. The molecule has 2 saturated heterocycles. The van der Waals surface area contributed by atoms with E-state index in [1.165, 1.54) is 0 Å². The Morgan fingerprint density at radius 3 is 2.36 bits per heavy atom. The maximum atomic E-state index is 12.6. The zero-order valence-electron chi connectivity index (χ0n) is 24.8. The number of hydrogen-bond donors (Lipinski definition) is 3.